The van der Waals surface area contributed by atoms with Gasteiger partial charge in [-0.05, 0) is 25.3 Å². The number of hydrogen-bond donors (Lipinski definition) is 0. The maximum atomic E-state index is 4.10. The maximum absolute atomic E-state index is 4.10. The van der Waals surface area contributed by atoms with Crippen LogP contribution in [0.25, 0.3) is 11.4 Å². The number of thiophene rings is 1. The minimum atomic E-state index is 0.407. The summed E-state index contributed by atoms with van der Waals surface area (Å²) in [6.45, 7) is 4.25. The van der Waals surface area contributed by atoms with Crippen LogP contribution in [0.1, 0.15) is 19.9 Å². The van der Waals surface area contributed by atoms with Gasteiger partial charge in [-0.3, -0.25) is 0 Å². The van der Waals surface area contributed by atoms with Gasteiger partial charge in [0.25, 0.3) is 0 Å². The van der Waals surface area contributed by atoms with E-state index in [4.69, 9.17) is 0 Å². The molecule has 0 atom stereocenters. The van der Waals surface area contributed by atoms with Crippen molar-refractivity contribution in [3.8, 4) is 11.4 Å². The van der Waals surface area contributed by atoms with Crippen molar-refractivity contribution in [3.05, 3.63) is 23.2 Å². The Bertz CT molecular complexity index is 375. The van der Waals surface area contributed by atoms with E-state index in [1.807, 2.05) is 0 Å². The first-order valence-corrected chi connectivity index (χ1v) is 5.15. The van der Waals surface area contributed by atoms with Crippen LogP contribution < -0.4 is 0 Å². The third-order valence-corrected chi connectivity index (χ3v) is 2.59. The lowest BCUT2D eigenvalue weighted by atomic mass is 10.3. The quantitative estimate of drug-likeness (QED) is 0.734. The topological polar surface area (TPSA) is 30.7 Å². The Morgan fingerprint density at radius 3 is 2.92 bits per heavy atom. The molecule has 0 aliphatic heterocycles. The van der Waals surface area contributed by atoms with E-state index in [1.54, 1.807) is 17.7 Å². The molecule has 0 saturated heterocycles. The minimum Gasteiger partial charge on any atom is -0.311 e. The van der Waals surface area contributed by atoms with Crippen LogP contribution in [0.3, 0.4) is 0 Å². The van der Waals surface area contributed by atoms with E-state index in [0.29, 0.717) is 6.04 Å². The van der Waals surface area contributed by atoms with Crippen molar-refractivity contribution in [2.75, 3.05) is 0 Å². The number of rotatable bonds is 2. The lowest BCUT2D eigenvalue weighted by Gasteiger charge is -2.08. The van der Waals surface area contributed by atoms with Crippen molar-refractivity contribution in [1.82, 2.24) is 14.8 Å². The molecule has 3 nitrogen and oxygen atoms in total. The lowest BCUT2D eigenvalue weighted by molar-refractivity contribution is 0.604. The van der Waals surface area contributed by atoms with Crippen LogP contribution >= 0.6 is 11.3 Å². The number of aromatic nitrogens is 3. The molecule has 2 aromatic rings. The van der Waals surface area contributed by atoms with Gasteiger partial charge in [0.15, 0.2) is 5.82 Å². The van der Waals surface area contributed by atoms with Crippen molar-refractivity contribution in [2.45, 2.75) is 19.9 Å². The highest BCUT2D eigenvalue weighted by atomic mass is 32.1. The monoisotopic (exact) mass is 193 g/mol. The molecular formula is C9H11N3S. The zero-order valence-corrected chi connectivity index (χ0v) is 8.45. The Labute approximate surface area is 81.1 Å². The molecule has 0 aliphatic carbocycles. The van der Waals surface area contributed by atoms with Crippen molar-refractivity contribution in [3.63, 3.8) is 0 Å². The first-order valence-electron chi connectivity index (χ1n) is 4.21. The molecule has 0 spiro atoms. The molecule has 0 aliphatic rings. The van der Waals surface area contributed by atoms with Crippen LogP contribution in [0.4, 0.5) is 0 Å². The molecule has 0 unspecified atom stereocenters. The van der Waals surface area contributed by atoms with Crippen LogP contribution in [0.15, 0.2) is 23.2 Å². The van der Waals surface area contributed by atoms with Gasteiger partial charge < -0.3 is 4.57 Å². The van der Waals surface area contributed by atoms with E-state index in [9.17, 15) is 0 Å². The fourth-order valence-corrected chi connectivity index (χ4v) is 1.85. The Morgan fingerprint density at radius 1 is 1.46 bits per heavy atom. The molecule has 0 radical (unpaired) electrons. The summed E-state index contributed by atoms with van der Waals surface area (Å²) in [6, 6.07) is 2.47. The molecule has 0 amide bonds. The highest BCUT2D eigenvalue weighted by molar-refractivity contribution is 7.08. The van der Waals surface area contributed by atoms with E-state index in [0.717, 1.165) is 11.4 Å². The molecule has 0 bridgehead atoms. The fraction of sp³-hybridized carbons (Fsp3) is 0.333. The van der Waals surface area contributed by atoms with Gasteiger partial charge in [-0.2, -0.15) is 11.3 Å². The zero-order chi connectivity index (χ0) is 9.26. The summed E-state index contributed by atoms with van der Waals surface area (Å²) in [7, 11) is 0. The predicted molar refractivity (Wildman–Crippen MR) is 53.7 cm³/mol. The summed E-state index contributed by atoms with van der Waals surface area (Å²) in [6.07, 6.45) is 1.78. The molecule has 68 valence electrons. The average Bonchev–Trinajstić information content (AvgIpc) is 2.74. The Balaban J connectivity index is 2.46. The molecule has 13 heavy (non-hydrogen) atoms. The Morgan fingerprint density at radius 2 is 2.31 bits per heavy atom. The van der Waals surface area contributed by atoms with E-state index in [2.05, 4.69) is 45.4 Å². The SMILES string of the molecule is CC(C)n1cnnc1-c1ccsc1. The summed E-state index contributed by atoms with van der Waals surface area (Å²) in [4.78, 5) is 0. The second kappa shape index (κ2) is 3.30. The normalized spacial score (nSPS) is 11.0. The zero-order valence-electron chi connectivity index (χ0n) is 7.64. The molecular weight excluding hydrogens is 182 g/mol. The third-order valence-electron chi connectivity index (χ3n) is 1.91. The largest absolute Gasteiger partial charge is 0.311 e. The summed E-state index contributed by atoms with van der Waals surface area (Å²) >= 11 is 1.68. The van der Waals surface area contributed by atoms with Gasteiger partial charge in [0.1, 0.15) is 6.33 Å². The van der Waals surface area contributed by atoms with E-state index in [1.165, 1.54) is 0 Å². The van der Waals surface area contributed by atoms with Crippen LogP contribution in [-0.4, -0.2) is 14.8 Å². The van der Waals surface area contributed by atoms with Gasteiger partial charge in [0, 0.05) is 17.0 Å². The smallest absolute Gasteiger partial charge is 0.164 e. The van der Waals surface area contributed by atoms with E-state index < -0.39 is 0 Å². The van der Waals surface area contributed by atoms with E-state index in [-0.39, 0.29) is 0 Å². The molecule has 4 heteroatoms. The van der Waals surface area contributed by atoms with Crippen molar-refractivity contribution in [1.29, 1.82) is 0 Å². The standard InChI is InChI=1S/C9H11N3S/c1-7(2)12-6-10-11-9(12)8-3-4-13-5-8/h3-7H,1-2H3. The van der Waals surface area contributed by atoms with Crippen LogP contribution in [-0.2, 0) is 0 Å². The van der Waals surface area contributed by atoms with Crippen molar-refractivity contribution >= 4 is 11.3 Å². The van der Waals surface area contributed by atoms with Gasteiger partial charge in [-0.25, -0.2) is 0 Å². The maximum Gasteiger partial charge on any atom is 0.164 e. The Kier molecular flexibility index (Phi) is 2.14. The summed E-state index contributed by atoms with van der Waals surface area (Å²) in [5, 5.41) is 12.2. The highest BCUT2D eigenvalue weighted by Crippen LogP contribution is 2.21. The van der Waals surface area contributed by atoms with Gasteiger partial charge in [0.2, 0.25) is 0 Å². The van der Waals surface area contributed by atoms with Crippen molar-refractivity contribution in [2.24, 2.45) is 0 Å². The van der Waals surface area contributed by atoms with Crippen LogP contribution in [0.2, 0.25) is 0 Å². The molecule has 2 aromatic heterocycles. The molecule has 0 N–H and O–H groups in total. The lowest BCUT2D eigenvalue weighted by Crippen LogP contribution is -2.00. The fourth-order valence-electron chi connectivity index (χ4n) is 1.22. The molecule has 0 fully saturated rings. The Hall–Kier alpha value is -1.16. The van der Waals surface area contributed by atoms with Gasteiger partial charge >= 0.3 is 0 Å². The summed E-state index contributed by atoms with van der Waals surface area (Å²) in [5.41, 5.74) is 1.15. The number of hydrogen-bond acceptors (Lipinski definition) is 3. The second-order valence-corrected chi connectivity index (χ2v) is 3.95. The molecule has 0 saturated carbocycles. The summed E-state index contributed by atoms with van der Waals surface area (Å²) < 4.78 is 2.07. The highest BCUT2D eigenvalue weighted by Gasteiger charge is 2.08. The van der Waals surface area contributed by atoms with E-state index >= 15 is 0 Å². The molecule has 0 aromatic carbocycles. The van der Waals surface area contributed by atoms with Crippen LogP contribution in [0.5, 0.6) is 0 Å². The minimum absolute atomic E-state index is 0.407. The molecule has 2 heterocycles. The third kappa shape index (κ3) is 1.49. The molecule has 2 rings (SSSR count). The predicted octanol–water partition coefficient (Wildman–Crippen LogP) is 2.59. The first kappa shape index (κ1) is 8.44. The van der Waals surface area contributed by atoms with Gasteiger partial charge in [0.05, 0.1) is 0 Å². The van der Waals surface area contributed by atoms with Crippen molar-refractivity contribution < 1.29 is 0 Å². The van der Waals surface area contributed by atoms with Gasteiger partial charge in [-0.15, -0.1) is 10.2 Å². The summed E-state index contributed by atoms with van der Waals surface area (Å²) in [5.74, 6) is 0.955. The number of nitrogens with zero attached hydrogens (tertiary/aromatic N) is 3. The second-order valence-electron chi connectivity index (χ2n) is 3.17. The van der Waals surface area contributed by atoms with Crippen LogP contribution in [0, 0.1) is 0 Å². The van der Waals surface area contributed by atoms with Gasteiger partial charge in [-0.1, -0.05) is 0 Å². The average molecular weight is 193 g/mol. The first-order chi connectivity index (χ1) is 6.29.